The number of hydrogen-bond donors (Lipinski definition) is 3. The molecule has 9 nitrogen and oxygen atoms in total. The van der Waals surface area contributed by atoms with Crippen molar-refractivity contribution in [3.8, 4) is 0 Å². The Morgan fingerprint density at radius 1 is 1.21 bits per heavy atom. The molecule has 0 aliphatic rings. The summed E-state index contributed by atoms with van der Waals surface area (Å²) < 4.78 is 28.6. The van der Waals surface area contributed by atoms with Crippen LogP contribution in [0, 0.1) is 0 Å². The summed E-state index contributed by atoms with van der Waals surface area (Å²) in [5.41, 5.74) is 0.157. The summed E-state index contributed by atoms with van der Waals surface area (Å²) in [6, 6.07) is 5.84. The molecule has 10 heteroatoms. The van der Waals surface area contributed by atoms with E-state index in [4.69, 9.17) is 5.26 Å². The van der Waals surface area contributed by atoms with Crippen LogP contribution in [0.2, 0.25) is 0 Å². The van der Waals surface area contributed by atoms with Gasteiger partial charge in [-0.1, -0.05) is 0 Å². The molecule has 0 saturated carbocycles. The van der Waals surface area contributed by atoms with Crippen molar-refractivity contribution in [3.05, 3.63) is 24.3 Å². The van der Waals surface area contributed by atoms with Crippen LogP contribution in [-0.2, 0) is 26.7 Å². The summed E-state index contributed by atoms with van der Waals surface area (Å²) in [5, 5.41) is 10.7. The maximum Gasteiger partial charge on any atom is 0.313 e. The molecule has 1 rings (SSSR count). The Bertz CT molecular complexity index is 631. The van der Waals surface area contributed by atoms with Crippen LogP contribution in [0.15, 0.2) is 24.3 Å². The number of benzene rings is 1. The number of rotatable bonds is 6. The van der Waals surface area contributed by atoms with E-state index < -0.39 is 20.1 Å². The number of anilines is 1. The smallest absolute Gasteiger partial charge is 0.313 e. The SMILES string of the molecule is CC(=O)Nc1ccccc1[As](=O)(O)OO.CCOC(=O)CC(C)=O. The van der Waals surface area contributed by atoms with Gasteiger partial charge in [0.15, 0.2) is 0 Å². The van der Waals surface area contributed by atoms with Crippen LogP contribution in [0.5, 0.6) is 0 Å². The van der Waals surface area contributed by atoms with Gasteiger partial charge in [0.2, 0.25) is 0 Å². The molecule has 0 fully saturated rings. The second-order valence-electron chi connectivity index (χ2n) is 4.48. The molecule has 0 spiro atoms. The van der Waals surface area contributed by atoms with E-state index in [2.05, 4.69) is 13.9 Å². The molecule has 134 valence electrons. The van der Waals surface area contributed by atoms with E-state index in [1.54, 1.807) is 13.0 Å². The van der Waals surface area contributed by atoms with Gasteiger partial charge in [-0.3, -0.25) is 9.59 Å². The monoisotopic (exact) mass is 405 g/mol. The number of Topliss-reactive ketones (excluding diaryl/α,β-unsaturated/α-hetero) is 1. The van der Waals surface area contributed by atoms with Crippen LogP contribution in [0.1, 0.15) is 27.2 Å². The summed E-state index contributed by atoms with van der Waals surface area (Å²) >= 11 is -4.92. The summed E-state index contributed by atoms with van der Waals surface area (Å²) in [5.74, 6) is -0.977. The number of carbonyl (C=O) groups excluding carboxylic acids is 3. The molecule has 1 atom stereocenters. The van der Waals surface area contributed by atoms with E-state index in [0.29, 0.717) is 6.61 Å². The Morgan fingerprint density at radius 3 is 2.25 bits per heavy atom. The third kappa shape index (κ3) is 8.64. The predicted molar refractivity (Wildman–Crippen MR) is 84.7 cm³/mol. The molecule has 3 N–H and O–H groups in total. The van der Waals surface area contributed by atoms with Crippen molar-refractivity contribution in [1.82, 2.24) is 0 Å². The second kappa shape index (κ2) is 10.8. The van der Waals surface area contributed by atoms with Crippen LogP contribution < -0.4 is 9.67 Å². The molecule has 0 aliphatic heterocycles. The minimum Gasteiger partial charge on any atom is -0.466 e. The van der Waals surface area contributed by atoms with E-state index in [-0.39, 0.29) is 28.1 Å². The number of ketones is 1. The van der Waals surface area contributed by atoms with Crippen molar-refractivity contribution in [3.63, 3.8) is 0 Å². The van der Waals surface area contributed by atoms with Crippen molar-refractivity contribution in [1.29, 1.82) is 0 Å². The van der Waals surface area contributed by atoms with Crippen molar-refractivity contribution in [2.75, 3.05) is 11.9 Å². The number of ether oxygens (including phenoxy) is 1. The molecular formula is C14H20AsNO8. The van der Waals surface area contributed by atoms with Crippen LogP contribution in [0.25, 0.3) is 0 Å². The van der Waals surface area contributed by atoms with E-state index in [1.165, 1.54) is 32.0 Å². The molecule has 1 unspecified atom stereocenters. The van der Waals surface area contributed by atoms with Gasteiger partial charge in [-0.15, -0.1) is 0 Å². The molecule has 0 saturated heterocycles. The van der Waals surface area contributed by atoms with Crippen LogP contribution >= 0.6 is 0 Å². The minimum atomic E-state index is -4.92. The molecule has 24 heavy (non-hydrogen) atoms. The maximum atomic E-state index is 11.4. The van der Waals surface area contributed by atoms with Gasteiger partial charge in [-0.2, -0.15) is 0 Å². The topological polar surface area (TPSA) is 139 Å². The first-order valence-corrected chi connectivity index (χ1v) is 10.1. The van der Waals surface area contributed by atoms with E-state index in [1.807, 2.05) is 0 Å². The summed E-state index contributed by atoms with van der Waals surface area (Å²) in [6.45, 7) is 4.67. The number of hydrogen-bond acceptors (Lipinski definition) is 7. The summed E-state index contributed by atoms with van der Waals surface area (Å²) in [4.78, 5) is 31.4. The van der Waals surface area contributed by atoms with Gasteiger partial charge in [0.25, 0.3) is 0 Å². The standard InChI is InChI=1S/C8H10AsNO5.C6H10O3/c1-6(11)10-8-5-3-2-4-7(8)9(12,13)15-14;1-3-9-6(8)4-5(2)7/h2-5,14H,1H3,(H,10,11)(H,12,13);3-4H2,1-2H3. The molecule has 0 bridgehead atoms. The number of nitrogens with one attached hydrogen (secondary N) is 1. The van der Waals surface area contributed by atoms with Crippen molar-refractivity contribution in [2.45, 2.75) is 27.2 Å². The van der Waals surface area contributed by atoms with Crippen molar-refractivity contribution in [2.24, 2.45) is 0 Å². The van der Waals surface area contributed by atoms with Gasteiger partial charge in [-0.25, -0.2) is 0 Å². The van der Waals surface area contributed by atoms with E-state index in [0.717, 1.165) is 0 Å². The first-order chi connectivity index (χ1) is 11.1. The average Bonchev–Trinajstić information content (AvgIpc) is 2.47. The van der Waals surface area contributed by atoms with Gasteiger partial charge in [-0.05, 0) is 13.8 Å². The molecule has 0 radical (unpaired) electrons. The Kier molecular flexibility index (Phi) is 9.90. The molecule has 1 aromatic carbocycles. The Labute approximate surface area is 141 Å². The maximum absolute atomic E-state index is 11.4. The zero-order valence-corrected chi connectivity index (χ0v) is 15.4. The van der Waals surface area contributed by atoms with E-state index in [9.17, 15) is 22.2 Å². The quantitative estimate of drug-likeness (QED) is 0.201. The zero-order chi connectivity index (χ0) is 18.8. The normalized spacial score (nSPS) is 12.2. The predicted octanol–water partition coefficient (Wildman–Crippen LogP) is 0.232. The Balaban J connectivity index is 0.000000506. The number of carbonyl (C=O) groups is 3. The van der Waals surface area contributed by atoms with Crippen molar-refractivity contribution >= 4 is 41.9 Å². The fourth-order valence-corrected chi connectivity index (χ4v) is 3.15. The third-order valence-corrected chi connectivity index (χ3v) is 4.89. The number of esters is 1. The van der Waals surface area contributed by atoms with Crippen LogP contribution in [0.3, 0.4) is 0 Å². The van der Waals surface area contributed by atoms with Gasteiger partial charge in [0, 0.05) is 0 Å². The van der Waals surface area contributed by atoms with E-state index >= 15 is 0 Å². The fraction of sp³-hybridized carbons (Fsp3) is 0.357. The van der Waals surface area contributed by atoms with Gasteiger partial charge < -0.3 is 4.74 Å². The van der Waals surface area contributed by atoms with Crippen LogP contribution in [-0.4, -0.2) is 47.8 Å². The molecule has 1 amide bonds. The van der Waals surface area contributed by atoms with Crippen LogP contribution in [0.4, 0.5) is 5.69 Å². The third-order valence-electron chi connectivity index (χ3n) is 2.33. The zero-order valence-electron chi connectivity index (χ0n) is 13.5. The number of para-hydroxylation sites is 1. The first-order valence-electron chi connectivity index (χ1n) is 6.82. The molecule has 0 aromatic heterocycles. The molecule has 1 aromatic rings. The minimum absolute atomic E-state index is 0.103. The van der Waals surface area contributed by atoms with Crippen molar-refractivity contribution < 1.29 is 36.1 Å². The molecular weight excluding hydrogens is 385 g/mol. The molecule has 0 aliphatic carbocycles. The largest absolute Gasteiger partial charge is 0.466 e. The average molecular weight is 405 g/mol. The van der Waals surface area contributed by atoms with Gasteiger partial charge in [0.1, 0.15) is 12.2 Å². The second-order valence-corrected chi connectivity index (χ2v) is 8.02. The Morgan fingerprint density at radius 2 is 1.79 bits per heavy atom. The Hall–Kier alpha value is -1.93. The summed E-state index contributed by atoms with van der Waals surface area (Å²) in [6.07, 6.45) is -0.103. The van der Waals surface area contributed by atoms with Gasteiger partial charge >= 0.3 is 94.4 Å². The fourth-order valence-electron chi connectivity index (χ4n) is 1.47. The van der Waals surface area contributed by atoms with Gasteiger partial charge in [0.05, 0.1) is 6.61 Å². The molecule has 0 heterocycles. The first kappa shape index (κ1) is 22.1. The summed E-state index contributed by atoms with van der Waals surface area (Å²) in [7, 11) is 0. The number of amides is 1.